The maximum absolute atomic E-state index is 14.2. The Hall–Kier alpha value is -1.84. The highest BCUT2D eigenvalue weighted by Gasteiger charge is 2.24. The molecule has 0 radical (unpaired) electrons. The molecule has 0 saturated carbocycles. The monoisotopic (exact) mass is 326 g/mol. The summed E-state index contributed by atoms with van der Waals surface area (Å²) in [5.41, 5.74) is -0.987. The first-order chi connectivity index (χ1) is 9.62. The molecule has 0 saturated heterocycles. The van der Waals surface area contributed by atoms with Crippen molar-refractivity contribution in [3.8, 4) is 5.75 Å². The van der Waals surface area contributed by atoms with E-state index < -0.39 is 56.4 Å². The number of imidazole rings is 1. The van der Waals surface area contributed by atoms with Gasteiger partial charge in [-0.3, -0.25) is 0 Å². The minimum atomic E-state index is -3.81. The van der Waals surface area contributed by atoms with E-state index in [1.807, 2.05) is 0 Å². The molecule has 0 fully saturated rings. The number of rotatable bonds is 4. The molecule has 0 atom stereocenters. The lowest BCUT2D eigenvalue weighted by molar-refractivity contribution is 0.0798. The molecule has 0 spiro atoms. The number of fused-ring (bicyclic) bond motifs is 1. The fraction of sp³-hybridized carbons (Fsp3) is 0.364. The first-order valence-electron chi connectivity index (χ1n) is 5.58. The number of aryl methyl sites for hydroxylation is 1. The van der Waals surface area contributed by atoms with E-state index in [1.165, 1.54) is 7.05 Å². The molecule has 1 aromatic heterocycles. The van der Waals surface area contributed by atoms with Crippen molar-refractivity contribution < 1.29 is 30.7 Å². The molecular formula is C11H10F4N2O3S. The van der Waals surface area contributed by atoms with Crippen molar-refractivity contribution in [2.24, 2.45) is 7.05 Å². The van der Waals surface area contributed by atoms with Crippen LogP contribution in [0.4, 0.5) is 17.6 Å². The zero-order valence-electron chi connectivity index (χ0n) is 10.9. The van der Waals surface area contributed by atoms with E-state index in [0.717, 1.165) is 10.8 Å². The average molecular weight is 326 g/mol. The molecule has 1 heterocycles. The van der Waals surface area contributed by atoms with Crippen molar-refractivity contribution in [2.45, 2.75) is 11.6 Å². The van der Waals surface area contributed by atoms with Gasteiger partial charge >= 0.3 is 0 Å². The van der Waals surface area contributed by atoms with E-state index >= 15 is 0 Å². The summed E-state index contributed by atoms with van der Waals surface area (Å²) >= 11 is 0. The molecule has 2 aromatic rings. The molecule has 0 aliphatic rings. The third-order valence-electron chi connectivity index (χ3n) is 2.66. The predicted molar refractivity (Wildman–Crippen MR) is 65.2 cm³/mol. The number of halogens is 4. The van der Waals surface area contributed by atoms with Crippen molar-refractivity contribution in [3.05, 3.63) is 17.7 Å². The Bertz CT molecular complexity index is 802. The Morgan fingerprint density at radius 1 is 1.38 bits per heavy atom. The summed E-state index contributed by atoms with van der Waals surface area (Å²) in [6, 6.07) is 0.555. The second kappa shape index (κ2) is 5.17. The third-order valence-corrected chi connectivity index (χ3v) is 3.69. The molecule has 0 aliphatic carbocycles. The minimum absolute atomic E-state index is 0.473. The zero-order chi connectivity index (χ0) is 15.9. The fourth-order valence-electron chi connectivity index (χ4n) is 1.85. The third kappa shape index (κ3) is 2.80. The smallest absolute Gasteiger partial charge is 0.272 e. The SMILES string of the molecule is Cn1c(S(C)(=O)=O)nc2c(F)cc(OCC(F)F)c(F)c21. The molecule has 10 heteroatoms. The summed E-state index contributed by atoms with van der Waals surface area (Å²) in [4.78, 5) is 3.54. The molecular weight excluding hydrogens is 316 g/mol. The summed E-state index contributed by atoms with van der Waals surface area (Å²) in [6.07, 6.45) is -2.03. The van der Waals surface area contributed by atoms with Gasteiger partial charge in [-0.2, -0.15) is 0 Å². The van der Waals surface area contributed by atoms with Gasteiger partial charge in [0, 0.05) is 19.4 Å². The Labute approximate surface area is 117 Å². The topological polar surface area (TPSA) is 61.2 Å². The summed E-state index contributed by atoms with van der Waals surface area (Å²) in [5.74, 6) is -2.96. The van der Waals surface area contributed by atoms with Gasteiger partial charge in [0.25, 0.3) is 6.43 Å². The van der Waals surface area contributed by atoms with E-state index in [1.54, 1.807) is 0 Å². The van der Waals surface area contributed by atoms with Crippen LogP contribution in [-0.2, 0) is 16.9 Å². The van der Waals surface area contributed by atoms with Gasteiger partial charge in [0.15, 0.2) is 17.4 Å². The minimum Gasteiger partial charge on any atom is -0.484 e. The Morgan fingerprint density at radius 3 is 2.52 bits per heavy atom. The van der Waals surface area contributed by atoms with Crippen LogP contribution in [0.2, 0.25) is 0 Å². The van der Waals surface area contributed by atoms with Gasteiger partial charge in [-0.1, -0.05) is 0 Å². The lowest BCUT2D eigenvalue weighted by atomic mass is 10.2. The van der Waals surface area contributed by atoms with E-state index in [-0.39, 0.29) is 0 Å². The Kier molecular flexibility index (Phi) is 3.83. The highest BCUT2D eigenvalue weighted by molar-refractivity contribution is 7.90. The number of hydrogen-bond acceptors (Lipinski definition) is 4. The highest BCUT2D eigenvalue weighted by atomic mass is 32.2. The summed E-state index contributed by atoms with van der Waals surface area (Å²) in [6.45, 7) is -1.11. The number of ether oxygens (including phenoxy) is 1. The van der Waals surface area contributed by atoms with Crippen molar-refractivity contribution >= 4 is 20.9 Å². The predicted octanol–water partition coefficient (Wildman–Crippen LogP) is 1.90. The first-order valence-corrected chi connectivity index (χ1v) is 7.47. The van der Waals surface area contributed by atoms with Crippen LogP contribution < -0.4 is 4.74 Å². The molecule has 116 valence electrons. The Balaban J connectivity index is 2.69. The normalized spacial score (nSPS) is 12.3. The van der Waals surface area contributed by atoms with Gasteiger partial charge in [-0.25, -0.2) is 31.0 Å². The lowest BCUT2D eigenvalue weighted by Gasteiger charge is -2.08. The van der Waals surface area contributed by atoms with E-state index in [2.05, 4.69) is 9.72 Å². The van der Waals surface area contributed by atoms with Crippen molar-refractivity contribution in [1.29, 1.82) is 0 Å². The van der Waals surface area contributed by atoms with Gasteiger partial charge in [-0.15, -0.1) is 0 Å². The number of benzene rings is 1. The fourth-order valence-corrected chi connectivity index (χ4v) is 2.69. The molecule has 0 unspecified atom stereocenters. The zero-order valence-corrected chi connectivity index (χ0v) is 11.7. The van der Waals surface area contributed by atoms with Crippen LogP contribution in [0, 0.1) is 11.6 Å². The number of hydrogen-bond donors (Lipinski definition) is 0. The van der Waals surface area contributed by atoms with Crippen LogP contribution in [0.25, 0.3) is 11.0 Å². The van der Waals surface area contributed by atoms with Crippen molar-refractivity contribution in [2.75, 3.05) is 12.9 Å². The highest BCUT2D eigenvalue weighted by Crippen LogP contribution is 2.30. The van der Waals surface area contributed by atoms with E-state index in [0.29, 0.717) is 6.07 Å². The molecule has 0 amide bonds. The first kappa shape index (κ1) is 15.5. The summed E-state index contributed by atoms with van der Waals surface area (Å²) < 4.78 is 80.4. The number of nitrogens with zero attached hydrogens (tertiary/aromatic N) is 2. The van der Waals surface area contributed by atoms with Crippen LogP contribution in [0.15, 0.2) is 11.2 Å². The van der Waals surface area contributed by atoms with Gasteiger partial charge in [-0.05, 0) is 0 Å². The summed E-state index contributed by atoms with van der Waals surface area (Å²) in [5, 5.41) is -0.540. The maximum Gasteiger partial charge on any atom is 0.272 e. The second-order valence-corrected chi connectivity index (χ2v) is 6.20. The standard InChI is InChI=1S/C11H10F4N2O3S/c1-17-10-8(15)6(20-4-7(13)14)3-5(12)9(10)16-11(17)21(2,18)19/h3,7H,4H2,1-2H3. The van der Waals surface area contributed by atoms with Gasteiger partial charge < -0.3 is 9.30 Å². The largest absolute Gasteiger partial charge is 0.484 e. The number of alkyl halides is 2. The summed E-state index contributed by atoms with van der Waals surface area (Å²) in [7, 11) is -2.64. The Morgan fingerprint density at radius 2 is 2.00 bits per heavy atom. The maximum atomic E-state index is 14.2. The molecule has 5 nitrogen and oxygen atoms in total. The van der Waals surface area contributed by atoms with E-state index in [9.17, 15) is 26.0 Å². The molecule has 0 aliphatic heterocycles. The van der Waals surface area contributed by atoms with Crippen molar-refractivity contribution in [3.63, 3.8) is 0 Å². The molecule has 1 aromatic carbocycles. The van der Waals surface area contributed by atoms with Crippen LogP contribution in [0.3, 0.4) is 0 Å². The van der Waals surface area contributed by atoms with E-state index in [4.69, 9.17) is 0 Å². The molecule has 0 bridgehead atoms. The van der Waals surface area contributed by atoms with Gasteiger partial charge in [0.2, 0.25) is 15.0 Å². The van der Waals surface area contributed by atoms with Crippen LogP contribution >= 0.6 is 0 Å². The van der Waals surface area contributed by atoms with Crippen LogP contribution in [0.5, 0.6) is 5.75 Å². The second-order valence-electron chi connectivity index (χ2n) is 4.30. The van der Waals surface area contributed by atoms with Gasteiger partial charge in [0.1, 0.15) is 17.6 Å². The van der Waals surface area contributed by atoms with Crippen molar-refractivity contribution in [1.82, 2.24) is 9.55 Å². The number of aromatic nitrogens is 2. The quantitative estimate of drug-likeness (QED) is 0.805. The average Bonchev–Trinajstić information content (AvgIpc) is 2.70. The van der Waals surface area contributed by atoms with Gasteiger partial charge in [0.05, 0.1) is 0 Å². The van der Waals surface area contributed by atoms with Crippen LogP contribution in [0.1, 0.15) is 0 Å². The molecule has 0 N–H and O–H groups in total. The lowest BCUT2D eigenvalue weighted by Crippen LogP contribution is -2.09. The molecule has 2 rings (SSSR count). The van der Waals surface area contributed by atoms with Crippen LogP contribution in [-0.4, -0.2) is 37.3 Å². The number of sulfone groups is 1. The molecule has 21 heavy (non-hydrogen) atoms.